The Balaban J connectivity index is 0.00000576. The summed E-state index contributed by atoms with van der Waals surface area (Å²) in [5.41, 5.74) is 1.21. The van der Waals surface area contributed by atoms with E-state index in [0.717, 1.165) is 24.7 Å². The standard InChI is InChI=1S/C18H30N4O2.HI/c1-6-11-19-18(20-14-17(23)21(3)4)22(5)12-13-24-16-9-7-15(2)8-10-16;/h7-10H,6,11-14H2,1-5H3,(H,19,20);1H. The predicted octanol–water partition coefficient (Wildman–Crippen LogP) is 2.37. The fraction of sp³-hybridized carbons (Fsp3) is 0.556. The second kappa shape index (κ2) is 12.8. The number of carbonyl (C=O) groups is 1. The highest BCUT2D eigenvalue weighted by Crippen LogP contribution is 2.11. The number of nitrogens with zero attached hydrogens (tertiary/aromatic N) is 3. The third-order valence-corrected chi connectivity index (χ3v) is 3.47. The second-order valence-corrected chi connectivity index (χ2v) is 5.94. The molecule has 0 spiro atoms. The van der Waals surface area contributed by atoms with Crippen LogP contribution in [-0.4, -0.2) is 69.1 Å². The molecule has 0 saturated heterocycles. The molecule has 6 nitrogen and oxygen atoms in total. The molecule has 0 aliphatic heterocycles. The summed E-state index contributed by atoms with van der Waals surface area (Å²) in [4.78, 5) is 19.6. The Morgan fingerprint density at radius 2 is 1.84 bits per heavy atom. The maximum absolute atomic E-state index is 11.7. The van der Waals surface area contributed by atoms with Crippen LogP contribution >= 0.6 is 24.0 Å². The van der Waals surface area contributed by atoms with Gasteiger partial charge in [-0.15, -0.1) is 24.0 Å². The number of likely N-dealkylation sites (N-methyl/N-ethyl adjacent to an activating group) is 2. The third kappa shape index (κ3) is 9.52. The van der Waals surface area contributed by atoms with Gasteiger partial charge in [-0.2, -0.15) is 0 Å². The van der Waals surface area contributed by atoms with Crippen LogP contribution in [-0.2, 0) is 4.79 Å². The van der Waals surface area contributed by atoms with E-state index in [1.165, 1.54) is 5.56 Å². The Kier molecular flexibility index (Phi) is 12.0. The molecule has 0 heterocycles. The van der Waals surface area contributed by atoms with Gasteiger partial charge in [0.05, 0.1) is 6.54 Å². The van der Waals surface area contributed by atoms with E-state index in [-0.39, 0.29) is 36.4 Å². The first kappa shape index (κ1) is 23.5. The summed E-state index contributed by atoms with van der Waals surface area (Å²) in [6.45, 7) is 6.33. The Morgan fingerprint density at radius 1 is 1.20 bits per heavy atom. The lowest BCUT2D eigenvalue weighted by Crippen LogP contribution is -2.42. The summed E-state index contributed by atoms with van der Waals surface area (Å²) in [5.74, 6) is 1.56. The Morgan fingerprint density at radius 3 is 2.40 bits per heavy atom. The zero-order valence-electron chi connectivity index (χ0n) is 15.9. The number of aryl methyl sites for hydroxylation is 1. The van der Waals surface area contributed by atoms with Crippen LogP contribution in [0.2, 0.25) is 0 Å². The van der Waals surface area contributed by atoms with E-state index in [4.69, 9.17) is 4.74 Å². The van der Waals surface area contributed by atoms with Crippen LogP contribution in [0.15, 0.2) is 29.3 Å². The van der Waals surface area contributed by atoms with Gasteiger partial charge in [0.15, 0.2) is 5.96 Å². The number of benzene rings is 1. The van der Waals surface area contributed by atoms with Gasteiger partial charge in [0.25, 0.3) is 0 Å². The molecular formula is C18H31IN4O2. The topological polar surface area (TPSA) is 57.2 Å². The van der Waals surface area contributed by atoms with Gasteiger partial charge in [-0.25, -0.2) is 4.99 Å². The fourth-order valence-corrected chi connectivity index (χ4v) is 1.87. The first-order valence-electron chi connectivity index (χ1n) is 8.33. The molecule has 0 radical (unpaired) electrons. The van der Waals surface area contributed by atoms with Crippen molar-refractivity contribution in [1.29, 1.82) is 0 Å². The van der Waals surface area contributed by atoms with E-state index in [2.05, 4.69) is 24.2 Å². The maximum atomic E-state index is 11.7. The van der Waals surface area contributed by atoms with Crippen molar-refractivity contribution in [2.75, 3.05) is 47.4 Å². The van der Waals surface area contributed by atoms with Crippen LogP contribution in [0.1, 0.15) is 18.9 Å². The zero-order valence-corrected chi connectivity index (χ0v) is 18.2. The van der Waals surface area contributed by atoms with E-state index < -0.39 is 0 Å². The predicted molar refractivity (Wildman–Crippen MR) is 114 cm³/mol. The molecule has 1 rings (SSSR count). The lowest BCUT2D eigenvalue weighted by Gasteiger charge is -2.22. The van der Waals surface area contributed by atoms with Crippen LogP contribution in [0.3, 0.4) is 0 Å². The molecule has 1 aromatic rings. The van der Waals surface area contributed by atoms with Gasteiger partial charge in [0, 0.05) is 27.7 Å². The number of ether oxygens (including phenoxy) is 1. The van der Waals surface area contributed by atoms with Crippen molar-refractivity contribution in [3.8, 4) is 5.75 Å². The van der Waals surface area contributed by atoms with Crippen molar-refractivity contribution in [2.24, 2.45) is 4.99 Å². The average molecular weight is 462 g/mol. The Labute approximate surface area is 168 Å². The van der Waals surface area contributed by atoms with Gasteiger partial charge in [-0.05, 0) is 25.5 Å². The smallest absolute Gasteiger partial charge is 0.243 e. The summed E-state index contributed by atoms with van der Waals surface area (Å²) in [7, 11) is 5.41. The molecule has 25 heavy (non-hydrogen) atoms. The molecule has 0 fully saturated rings. The van der Waals surface area contributed by atoms with Crippen molar-refractivity contribution in [3.05, 3.63) is 29.8 Å². The molecule has 0 aliphatic rings. The van der Waals surface area contributed by atoms with Crippen molar-refractivity contribution in [1.82, 2.24) is 15.1 Å². The van der Waals surface area contributed by atoms with Gasteiger partial charge in [0.2, 0.25) is 5.91 Å². The number of guanidine groups is 1. The molecule has 7 heteroatoms. The number of carbonyl (C=O) groups excluding carboxylic acids is 1. The minimum atomic E-state index is -0.0184. The van der Waals surface area contributed by atoms with E-state index in [1.54, 1.807) is 19.0 Å². The van der Waals surface area contributed by atoms with Gasteiger partial charge in [-0.1, -0.05) is 24.6 Å². The minimum absolute atomic E-state index is 0. The fourth-order valence-electron chi connectivity index (χ4n) is 1.87. The number of amides is 1. The normalized spacial score (nSPS) is 10.7. The van der Waals surface area contributed by atoms with Gasteiger partial charge in [0.1, 0.15) is 18.9 Å². The minimum Gasteiger partial charge on any atom is -0.492 e. The average Bonchev–Trinajstić information content (AvgIpc) is 2.56. The van der Waals surface area contributed by atoms with Crippen LogP contribution in [0.5, 0.6) is 5.75 Å². The highest BCUT2D eigenvalue weighted by atomic mass is 127. The molecule has 1 amide bonds. The van der Waals surface area contributed by atoms with Crippen molar-refractivity contribution >= 4 is 35.8 Å². The van der Waals surface area contributed by atoms with E-state index in [9.17, 15) is 4.79 Å². The monoisotopic (exact) mass is 462 g/mol. The van der Waals surface area contributed by atoms with E-state index >= 15 is 0 Å². The molecule has 142 valence electrons. The lowest BCUT2D eigenvalue weighted by atomic mass is 10.2. The highest BCUT2D eigenvalue weighted by Gasteiger charge is 2.08. The molecule has 1 aromatic carbocycles. The van der Waals surface area contributed by atoms with Gasteiger partial charge >= 0.3 is 0 Å². The van der Waals surface area contributed by atoms with Crippen LogP contribution in [0.4, 0.5) is 0 Å². The highest BCUT2D eigenvalue weighted by molar-refractivity contribution is 14.0. The van der Waals surface area contributed by atoms with Crippen LogP contribution in [0.25, 0.3) is 0 Å². The largest absolute Gasteiger partial charge is 0.492 e. The van der Waals surface area contributed by atoms with Crippen molar-refractivity contribution < 1.29 is 9.53 Å². The third-order valence-electron chi connectivity index (χ3n) is 3.47. The Bertz CT molecular complexity index is 532. The number of halogens is 1. The molecule has 0 unspecified atom stereocenters. The summed E-state index contributed by atoms with van der Waals surface area (Å²) in [6.07, 6.45) is 0.994. The van der Waals surface area contributed by atoms with Crippen LogP contribution in [0, 0.1) is 6.92 Å². The number of nitrogens with one attached hydrogen (secondary N) is 1. The molecule has 0 bridgehead atoms. The second-order valence-electron chi connectivity index (χ2n) is 5.94. The Hall–Kier alpha value is -1.51. The van der Waals surface area contributed by atoms with Gasteiger partial charge < -0.3 is 19.9 Å². The molecule has 1 N–H and O–H groups in total. The summed E-state index contributed by atoms with van der Waals surface area (Å²) in [6, 6.07) is 7.99. The van der Waals surface area contributed by atoms with E-state index in [0.29, 0.717) is 13.2 Å². The van der Waals surface area contributed by atoms with Crippen molar-refractivity contribution in [2.45, 2.75) is 20.3 Å². The summed E-state index contributed by atoms with van der Waals surface area (Å²) in [5, 5.41) is 3.27. The first-order chi connectivity index (χ1) is 11.4. The molecule has 0 atom stereocenters. The number of hydrogen-bond acceptors (Lipinski definition) is 3. The summed E-state index contributed by atoms with van der Waals surface area (Å²) >= 11 is 0. The first-order valence-corrected chi connectivity index (χ1v) is 8.33. The van der Waals surface area contributed by atoms with Crippen molar-refractivity contribution in [3.63, 3.8) is 0 Å². The maximum Gasteiger partial charge on any atom is 0.243 e. The zero-order chi connectivity index (χ0) is 17.9. The molecule has 0 aromatic heterocycles. The molecule has 0 aliphatic carbocycles. The number of hydrogen-bond donors (Lipinski definition) is 1. The number of rotatable bonds is 8. The van der Waals surface area contributed by atoms with E-state index in [1.807, 2.05) is 36.2 Å². The quantitative estimate of drug-likeness (QED) is 0.366. The molecular weight excluding hydrogens is 431 g/mol. The summed E-state index contributed by atoms with van der Waals surface area (Å²) < 4.78 is 5.75. The number of aliphatic imine (C=N–C) groups is 1. The van der Waals surface area contributed by atoms with Crippen LogP contribution < -0.4 is 10.1 Å². The SMILES string of the molecule is CCCNC(=NCC(=O)N(C)C)N(C)CCOc1ccc(C)cc1.I. The lowest BCUT2D eigenvalue weighted by molar-refractivity contribution is -0.127. The molecule has 0 saturated carbocycles. The van der Waals surface area contributed by atoms with Gasteiger partial charge in [-0.3, -0.25) is 4.79 Å².